The summed E-state index contributed by atoms with van der Waals surface area (Å²) < 4.78 is 5.32. The molecule has 1 fully saturated rings. The van der Waals surface area contributed by atoms with Gasteiger partial charge in [-0.25, -0.2) is 4.79 Å². The minimum atomic E-state index is -0.828. The zero-order chi connectivity index (χ0) is 24.2. The van der Waals surface area contributed by atoms with Crippen LogP contribution >= 0.6 is 0 Å². The highest BCUT2D eigenvalue weighted by Crippen LogP contribution is 2.35. The third kappa shape index (κ3) is 6.71. The van der Waals surface area contributed by atoms with Crippen LogP contribution in [0.25, 0.3) is 0 Å². The van der Waals surface area contributed by atoms with Gasteiger partial charge in [-0.3, -0.25) is 9.59 Å². The largest absolute Gasteiger partial charge is 0.444 e. The standard InChI is InChI=1S/C25H39N3O4/c1-15(2)26-22(29)21(20-13-12-16(3)14-17(20)4)28(19-10-9-11-19)23(30)18(5)27-24(31)32-25(6,7)8/h12-15,18-19,21H,9-11H2,1-8H3,(H,26,29)(H,27,31). The Kier molecular flexibility index (Phi) is 8.32. The van der Waals surface area contributed by atoms with E-state index in [9.17, 15) is 14.4 Å². The fourth-order valence-corrected chi connectivity index (χ4v) is 3.87. The van der Waals surface area contributed by atoms with E-state index in [0.29, 0.717) is 0 Å². The van der Waals surface area contributed by atoms with Gasteiger partial charge in [-0.1, -0.05) is 23.8 Å². The Hall–Kier alpha value is -2.57. The Bertz CT molecular complexity index is 840. The van der Waals surface area contributed by atoms with E-state index in [1.807, 2.05) is 45.9 Å². The number of rotatable bonds is 7. The van der Waals surface area contributed by atoms with Crippen LogP contribution in [0.2, 0.25) is 0 Å². The Morgan fingerprint density at radius 2 is 1.69 bits per heavy atom. The van der Waals surface area contributed by atoms with Crippen molar-refractivity contribution in [3.63, 3.8) is 0 Å². The highest BCUT2D eigenvalue weighted by Gasteiger charge is 2.41. The van der Waals surface area contributed by atoms with Crippen LogP contribution in [0.4, 0.5) is 4.79 Å². The number of nitrogens with zero attached hydrogens (tertiary/aromatic N) is 1. The first-order valence-electron chi connectivity index (χ1n) is 11.5. The van der Waals surface area contributed by atoms with E-state index in [4.69, 9.17) is 4.74 Å². The number of carbonyl (C=O) groups excluding carboxylic acids is 3. The van der Waals surface area contributed by atoms with Crippen LogP contribution in [0.1, 0.15) is 83.5 Å². The van der Waals surface area contributed by atoms with Gasteiger partial charge in [0.15, 0.2) is 0 Å². The number of benzene rings is 1. The number of amides is 3. The van der Waals surface area contributed by atoms with Crippen LogP contribution < -0.4 is 10.6 Å². The smallest absolute Gasteiger partial charge is 0.408 e. The van der Waals surface area contributed by atoms with Crippen LogP contribution in [-0.4, -0.2) is 46.5 Å². The maximum atomic E-state index is 13.6. The number of carbonyl (C=O) groups is 3. The molecular formula is C25H39N3O4. The highest BCUT2D eigenvalue weighted by atomic mass is 16.6. The molecule has 1 saturated carbocycles. The molecule has 2 atom stereocenters. The van der Waals surface area contributed by atoms with Crippen molar-refractivity contribution in [2.75, 3.05) is 0 Å². The van der Waals surface area contributed by atoms with Crippen molar-refractivity contribution >= 4 is 17.9 Å². The Balaban J connectivity index is 2.41. The minimum Gasteiger partial charge on any atom is -0.444 e. The summed E-state index contributed by atoms with van der Waals surface area (Å²) >= 11 is 0. The molecule has 2 unspecified atom stereocenters. The number of nitrogens with one attached hydrogen (secondary N) is 2. The molecule has 0 aliphatic heterocycles. The molecule has 1 aromatic rings. The lowest BCUT2D eigenvalue weighted by Gasteiger charge is -2.43. The fraction of sp³-hybridized carbons (Fsp3) is 0.640. The van der Waals surface area contributed by atoms with Crippen LogP contribution in [-0.2, 0) is 14.3 Å². The lowest BCUT2D eigenvalue weighted by molar-refractivity contribution is -0.147. The molecule has 1 aliphatic carbocycles. The van der Waals surface area contributed by atoms with Gasteiger partial charge in [-0.15, -0.1) is 0 Å². The molecule has 0 bridgehead atoms. The zero-order valence-electron chi connectivity index (χ0n) is 20.7. The zero-order valence-corrected chi connectivity index (χ0v) is 20.7. The maximum absolute atomic E-state index is 13.6. The summed E-state index contributed by atoms with van der Waals surface area (Å²) in [4.78, 5) is 41.0. The average molecular weight is 446 g/mol. The molecule has 1 aliphatic rings. The van der Waals surface area contributed by atoms with Gasteiger partial charge in [0.05, 0.1) is 0 Å². The van der Waals surface area contributed by atoms with E-state index in [2.05, 4.69) is 10.6 Å². The topological polar surface area (TPSA) is 87.7 Å². The molecular weight excluding hydrogens is 406 g/mol. The third-order valence-electron chi connectivity index (χ3n) is 5.50. The first-order valence-corrected chi connectivity index (χ1v) is 11.5. The summed E-state index contributed by atoms with van der Waals surface area (Å²) in [7, 11) is 0. The molecule has 1 aromatic carbocycles. The van der Waals surface area contributed by atoms with Gasteiger partial charge in [0, 0.05) is 12.1 Å². The van der Waals surface area contributed by atoms with E-state index < -0.39 is 23.8 Å². The van der Waals surface area contributed by atoms with Crippen molar-refractivity contribution in [3.05, 3.63) is 34.9 Å². The summed E-state index contributed by atoms with van der Waals surface area (Å²) in [5, 5.41) is 5.63. The van der Waals surface area contributed by atoms with Crippen molar-refractivity contribution in [3.8, 4) is 0 Å². The molecule has 178 valence electrons. The first kappa shape index (κ1) is 25.7. The first-order chi connectivity index (χ1) is 14.8. The van der Waals surface area contributed by atoms with Gasteiger partial charge in [-0.2, -0.15) is 0 Å². The predicted molar refractivity (Wildman–Crippen MR) is 125 cm³/mol. The van der Waals surface area contributed by atoms with Crippen molar-refractivity contribution in [2.24, 2.45) is 0 Å². The molecule has 0 spiro atoms. The second kappa shape index (κ2) is 10.4. The van der Waals surface area contributed by atoms with Crippen LogP contribution in [0.3, 0.4) is 0 Å². The van der Waals surface area contributed by atoms with E-state index in [0.717, 1.165) is 36.0 Å². The van der Waals surface area contributed by atoms with E-state index in [-0.39, 0.29) is 23.9 Å². The third-order valence-corrected chi connectivity index (χ3v) is 5.50. The highest BCUT2D eigenvalue weighted by molar-refractivity contribution is 5.92. The number of hydrogen-bond acceptors (Lipinski definition) is 4. The maximum Gasteiger partial charge on any atom is 0.408 e. The van der Waals surface area contributed by atoms with Gasteiger partial charge in [0.2, 0.25) is 11.8 Å². The number of aryl methyl sites for hydroxylation is 2. The average Bonchev–Trinajstić information content (AvgIpc) is 2.58. The van der Waals surface area contributed by atoms with Gasteiger partial charge >= 0.3 is 6.09 Å². The second-order valence-electron chi connectivity index (χ2n) is 10.1. The molecule has 0 heterocycles. The SMILES string of the molecule is Cc1ccc(C(C(=O)NC(C)C)N(C(=O)C(C)NC(=O)OC(C)(C)C)C2CCC2)c(C)c1. The molecule has 7 nitrogen and oxygen atoms in total. The van der Waals surface area contributed by atoms with Crippen molar-refractivity contribution < 1.29 is 19.1 Å². The fourth-order valence-electron chi connectivity index (χ4n) is 3.87. The summed E-state index contributed by atoms with van der Waals surface area (Å²) in [6, 6.07) is 4.21. The second-order valence-corrected chi connectivity index (χ2v) is 10.1. The number of alkyl carbamates (subject to hydrolysis) is 1. The van der Waals surface area contributed by atoms with Crippen LogP contribution in [0, 0.1) is 13.8 Å². The Morgan fingerprint density at radius 3 is 2.16 bits per heavy atom. The monoisotopic (exact) mass is 445 g/mol. The van der Waals surface area contributed by atoms with Crippen LogP contribution in [0.15, 0.2) is 18.2 Å². The predicted octanol–water partition coefficient (Wildman–Crippen LogP) is 4.16. The lowest BCUT2D eigenvalue weighted by atomic mass is 9.87. The summed E-state index contributed by atoms with van der Waals surface area (Å²) in [5.41, 5.74) is 2.19. The molecule has 2 rings (SSSR count). The summed E-state index contributed by atoms with van der Waals surface area (Å²) in [6.45, 7) is 14.7. The van der Waals surface area contributed by atoms with Crippen molar-refractivity contribution in [2.45, 2.75) is 104 Å². The van der Waals surface area contributed by atoms with Crippen molar-refractivity contribution in [1.29, 1.82) is 0 Å². The Labute approximate surface area is 192 Å². The number of hydrogen-bond donors (Lipinski definition) is 2. The van der Waals surface area contributed by atoms with E-state index in [1.165, 1.54) is 0 Å². The summed E-state index contributed by atoms with van der Waals surface area (Å²) in [5.74, 6) is -0.499. The molecule has 0 radical (unpaired) electrons. The van der Waals surface area contributed by atoms with E-state index >= 15 is 0 Å². The normalized spacial score (nSPS) is 16.0. The number of ether oxygens (including phenoxy) is 1. The van der Waals surface area contributed by atoms with Crippen LogP contribution in [0.5, 0.6) is 0 Å². The Morgan fingerprint density at radius 1 is 1.06 bits per heavy atom. The van der Waals surface area contributed by atoms with E-state index in [1.54, 1.807) is 32.6 Å². The van der Waals surface area contributed by atoms with Gasteiger partial charge in [0.25, 0.3) is 0 Å². The molecule has 32 heavy (non-hydrogen) atoms. The van der Waals surface area contributed by atoms with Gasteiger partial charge in [-0.05, 0) is 85.8 Å². The molecule has 3 amide bonds. The molecule has 7 heteroatoms. The van der Waals surface area contributed by atoms with Gasteiger partial charge < -0.3 is 20.3 Å². The van der Waals surface area contributed by atoms with Gasteiger partial charge in [0.1, 0.15) is 17.7 Å². The quantitative estimate of drug-likeness (QED) is 0.660. The molecule has 0 aromatic heterocycles. The lowest BCUT2D eigenvalue weighted by Crippen LogP contribution is -2.57. The summed E-state index contributed by atoms with van der Waals surface area (Å²) in [6.07, 6.45) is 2.03. The molecule has 0 saturated heterocycles. The minimum absolute atomic E-state index is 0.0472. The molecule has 2 N–H and O–H groups in total. The van der Waals surface area contributed by atoms with Crippen molar-refractivity contribution in [1.82, 2.24) is 15.5 Å².